The van der Waals surface area contributed by atoms with Gasteiger partial charge in [0.15, 0.2) is 5.15 Å². The van der Waals surface area contributed by atoms with Gasteiger partial charge in [-0.25, -0.2) is 0 Å². The summed E-state index contributed by atoms with van der Waals surface area (Å²) in [5.74, 6) is 0.562. The number of ether oxygens (including phenoxy) is 1. The van der Waals surface area contributed by atoms with Crippen LogP contribution in [0.25, 0.3) is 0 Å². The van der Waals surface area contributed by atoms with E-state index in [4.69, 9.17) is 16.3 Å². The minimum absolute atomic E-state index is 0.401. The minimum Gasteiger partial charge on any atom is -0.477 e. The zero-order valence-electron chi connectivity index (χ0n) is 14.0. The van der Waals surface area contributed by atoms with Crippen molar-refractivity contribution in [2.45, 2.75) is 84.0 Å². The van der Waals surface area contributed by atoms with Crippen molar-refractivity contribution in [2.24, 2.45) is 0 Å². The van der Waals surface area contributed by atoms with Gasteiger partial charge in [-0.3, -0.25) is 0 Å². The third-order valence-corrected chi connectivity index (χ3v) is 4.06. The molecule has 4 heteroatoms. The summed E-state index contributed by atoms with van der Waals surface area (Å²) >= 11 is 5.67. The molecule has 1 aromatic heterocycles. The van der Waals surface area contributed by atoms with Gasteiger partial charge >= 0.3 is 0 Å². The molecule has 0 spiro atoms. The Balaban J connectivity index is 1.79. The second kappa shape index (κ2) is 13.8. The lowest BCUT2D eigenvalue weighted by molar-refractivity contribution is 0.290. The van der Waals surface area contributed by atoms with Gasteiger partial charge in [-0.1, -0.05) is 89.2 Å². The number of hydrogen-bond donors (Lipinski definition) is 0. The summed E-state index contributed by atoms with van der Waals surface area (Å²) in [6.07, 6.45) is 16.2. The lowest BCUT2D eigenvalue weighted by Crippen LogP contribution is -1.99. The third-order valence-electron chi connectivity index (χ3n) is 3.86. The van der Waals surface area contributed by atoms with E-state index in [0.29, 0.717) is 17.6 Å². The Bertz CT molecular complexity index is 357. The van der Waals surface area contributed by atoms with Gasteiger partial charge in [-0.05, 0) is 12.5 Å². The molecule has 1 rings (SSSR count). The Labute approximate surface area is 140 Å². The maximum atomic E-state index is 5.67. The molecule has 22 heavy (non-hydrogen) atoms. The Morgan fingerprint density at radius 1 is 0.773 bits per heavy atom. The van der Waals surface area contributed by atoms with Gasteiger partial charge in [0, 0.05) is 6.07 Å². The zero-order chi connectivity index (χ0) is 15.9. The fourth-order valence-electron chi connectivity index (χ4n) is 2.50. The van der Waals surface area contributed by atoms with Crippen LogP contribution in [0.4, 0.5) is 0 Å². The maximum absolute atomic E-state index is 5.67. The normalized spacial score (nSPS) is 10.8. The smallest absolute Gasteiger partial charge is 0.233 e. The lowest BCUT2D eigenvalue weighted by Gasteiger charge is -2.05. The number of unbranched alkanes of at least 4 members (excludes halogenated alkanes) is 11. The van der Waals surface area contributed by atoms with Crippen molar-refractivity contribution in [3.63, 3.8) is 0 Å². The molecule has 0 fully saturated rings. The van der Waals surface area contributed by atoms with Gasteiger partial charge in [0.1, 0.15) is 0 Å². The van der Waals surface area contributed by atoms with Gasteiger partial charge in [0.05, 0.1) is 6.61 Å². The van der Waals surface area contributed by atoms with Crippen LogP contribution in [0.2, 0.25) is 5.15 Å². The molecule has 0 radical (unpaired) electrons. The highest BCUT2D eigenvalue weighted by atomic mass is 35.5. The summed E-state index contributed by atoms with van der Waals surface area (Å²) in [5.41, 5.74) is 0. The first kappa shape index (κ1) is 19.2. The van der Waals surface area contributed by atoms with Crippen LogP contribution in [0, 0.1) is 0 Å². The van der Waals surface area contributed by atoms with E-state index in [1.54, 1.807) is 12.1 Å². The molecule has 0 bridgehead atoms. The van der Waals surface area contributed by atoms with Crippen LogP contribution in [-0.4, -0.2) is 16.8 Å². The first-order valence-electron chi connectivity index (χ1n) is 8.95. The number of nitrogens with zero attached hydrogens (tertiary/aromatic N) is 2. The second-order valence-electron chi connectivity index (χ2n) is 5.93. The molecule has 1 heterocycles. The Morgan fingerprint density at radius 2 is 1.32 bits per heavy atom. The van der Waals surface area contributed by atoms with Crippen LogP contribution in [0.15, 0.2) is 12.1 Å². The topological polar surface area (TPSA) is 35.0 Å². The molecule has 1 aromatic rings. The number of rotatable bonds is 14. The molecule has 3 nitrogen and oxygen atoms in total. The van der Waals surface area contributed by atoms with Crippen LogP contribution < -0.4 is 4.74 Å². The predicted octanol–water partition coefficient (Wildman–Crippen LogP) is 6.21. The van der Waals surface area contributed by atoms with Gasteiger partial charge in [0.2, 0.25) is 5.88 Å². The van der Waals surface area contributed by atoms with Gasteiger partial charge in [-0.2, -0.15) is 0 Å². The van der Waals surface area contributed by atoms with E-state index in [1.807, 2.05) is 0 Å². The SMILES string of the molecule is CCCCCCCCCCCCCCOc1ccc(Cl)nn1. The van der Waals surface area contributed by atoms with E-state index in [2.05, 4.69) is 17.1 Å². The van der Waals surface area contributed by atoms with Crippen molar-refractivity contribution in [2.75, 3.05) is 6.61 Å². The van der Waals surface area contributed by atoms with Crippen LogP contribution in [-0.2, 0) is 0 Å². The molecule has 0 saturated carbocycles. The maximum Gasteiger partial charge on any atom is 0.233 e. The molecule has 0 aliphatic carbocycles. The fourth-order valence-corrected chi connectivity index (χ4v) is 2.60. The number of aromatic nitrogens is 2. The highest BCUT2D eigenvalue weighted by Gasteiger charge is 1.97. The van der Waals surface area contributed by atoms with E-state index >= 15 is 0 Å². The summed E-state index contributed by atoms with van der Waals surface area (Å²) in [6, 6.07) is 3.46. The molecule has 0 atom stereocenters. The largest absolute Gasteiger partial charge is 0.477 e. The van der Waals surface area contributed by atoms with Gasteiger partial charge in [-0.15, -0.1) is 10.2 Å². The molecule has 0 N–H and O–H groups in total. The number of halogens is 1. The molecular formula is C18H31ClN2O. The summed E-state index contributed by atoms with van der Waals surface area (Å²) in [7, 11) is 0. The highest BCUT2D eigenvalue weighted by molar-refractivity contribution is 6.29. The summed E-state index contributed by atoms with van der Waals surface area (Å²) in [6.45, 7) is 2.99. The minimum atomic E-state index is 0.401. The average molecular weight is 327 g/mol. The van der Waals surface area contributed by atoms with Crippen LogP contribution in [0.5, 0.6) is 5.88 Å². The average Bonchev–Trinajstić information content (AvgIpc) is 2.53. The summed E-state index contributed by atoms with van der Waals surface area (Å²) in [5, 5.41) is 8.02. The van der Waals surface area contributed by atoms with Crippen LogP contribution >= 0.6 is 11.6 Å². The standard InChI is InChI=1S/C18H31ClN2O/c1-2-3-4-5-6-7-8-9-10-11-12-13-16-22-18-15-14-17(19)20-21-18/h14-15H,2-13,16H2,1H3. The number of hydrogen-bond acceptors (Lipinski definition) is 3. The van der Waals surface area contributed by atoms with Crippen molar-refractivity contribution < 1.29 is 4.74 Å². The monoisotopic (exact) mass is 326 g/mol. The van der Waals surface area contributed by atoms with Crippen LogP contribution in [0.1, 0.15) is 84.0 Å². The fraction of sp³-hybridized carbons (Fsp3) is 0.778. The van der Waals surface area contributed by atoms with E-state index in [-0.39, 0.29) is 0 Å². The first-order chi connectivity index (χ1) is 10.8. The molecule has 0 saturated heterocycles. The van der Waals surface area contributed by atoms with E-state index < -0.39 is 0 Å². The lowest BCUT2D eigenvalue weighted by atomic mass is 10.1. The zero-order valence-corrected chi connectivity index (χ0v) is 14.8. The second-order valence-corrected chi connectivity index (χ2v) is 6.32. The highest BCUT2D eigenvalue weighted by Crippen LogP contribution is 2.12. The molecule has 0 aliphatic heterocycles. The Kier molecular flexibility index (Phi) is 12.1. The van der Waals surface area contributed by atoms with Gasteiger partial charge in [0.25, 0.3) is 0 Å². The van der Waals surface area contributed by atoms with Crippen molar-refractivity contribution in [1.82, 2.24) is 10.2 Å². The van der Waals surface area contributed by atoms with E-state index in [9.17, 15) is 0 Å². The molecule has 0 aromatic carbocycles. The first-order valence-corrected chi connectivity index (χ1v) is 9.32. The molecule has 126 valence electrons. The van der Waals surface area contributed by atoms with Crippen LogP contribution in [0.3, 0.4) is 0 Å². The predicted molar refractivity (Wildman–Crippen MR) is 93.6 cm³/mol. The Hall–Kier alpha value is -0.830. The van der Waals surface area contributed by atoms with E-state index in [1.165, 1.54) is 70.6 Å². The van der Waals surface area contributed by atoms with Crippen molar-refractivity contribution in [3.8, 4) is 5.88 Å². The summed E-state index contributed by atoms with van der Waals surface area (Å²) in [4.78, 5) is 0. The van der Waals surface area contributed by atoms with Crippen molar-refractivity contribution in [1.29, 1.82) is 0 Å². The van der Waals surface area contributed by atoms with Crippen molar-refractivity contribution >= 4 is 11.6 Å². The summed E-state index contributed by atoms with van der Waals surface area (Å²) < 4.78 is 5.52. The van der Waals surface area contributed by atoms with Crippen molar-refractivity contribution in [3.05, 3.63) is 17.3 Å². The third kappa shape index (κ3) is 10.8. The molecule has 0 amide bonds. The quantitative estimate of drug-likeness (QED) is 0.381. The molecule has 0 unspecified atom stereocenters. The van der Waals surface area contributed by atoms with Gasteiger partial charge < -0.3 is 4.74 Å². The Morgan fingerprint density at radius 3 is 1.82 bits per heavy atom. The molecule has 0 aliphatic rings. The molecular weight excluding hydrogens is 296 g/mol. The van der Waals surface area contributed by atoms with E-state index in [0.717, 1.165) is 6.42 Å².